The lowest BCUT2D eigenvalue weighted by Crippen LogP contribution is -2.33. The Morgan fingerprint density at radius 1 is 1.19 bits per heavy atom. The monoisotopic (exact) mass is 513 g/mol. The minimum atomic E-state index is -4.58. The summed E-state index contributed by atoms with van der Waals surface area (Å²) in [5.41, 5.74) is -0.335. The minimum Gasteiger partial charge on any atom is -0.320 e. The number of carbonyl (C=O) groups is 1. The summed E-state index contributed by atoms with van der Waals surface area (Å²) in [4.78, 5) is 25.7. The molecule has 5 rings (SSSR count). The van der Waals surface area contributed by atoms with Crippen LogP contribution >= 0.6 is 0 Å². The number of hydrogen-bond donors (Lipinski definition) is 0. The van der Waals surface area contributed by atoms with Crippen molar-refractivity contribution in [1.82, 2.24) is 29.6 Å². The van der Waals surface area contributed by atoms with Gasteiger partial charge in [-0.05, 0) is 68.5 Å². The van der Waals surface area contributed by atoms with Crippen molar-refractivity contribution in [2.75, 3.05) is 18.0 Å². The standard InChI is InChI=1S/C26H30F3N7O/c1-16-6-5-9-35(12-16)13-17-10-18-19(20(11-17)26(27,28)29)14-36(22(18)37)24-30-8-7-21(32-24)25(2,3)23-33-31-15-34(23)4/h7-8,10-11,15-16H,5-6,9,12-14H2,1-4H3/t16-/m0/s1. The topological polar surface area (TPSA) is 80.0 Å². The lowest BCUT2D eigenvalue weighted by molar-refractivity contribution is -0.138. The minimum absolute atomic E-state index is 0.0326. The molecule has 4 heterocycles. The molecular formula is C26H30F3N7O. The van der Waals surface area contributed by atoms with Crippen molar-refractivity contribution in [3.63, 3.8) is 0 Å². The fraction of sp³-hybridized carbons (Fsp3) is 0.500. The molecule has 1 saturated heterocycles. The number of piperidine rings is 1. The van der Waals surface area contributed by atoms with Crippen LogP contribution in [0.1, 0.15) is 72.2 Å². The Morgan fingerprint density at radius 2 is 1.97 bits per heavy atom. The van der Waals surface area contributed by atoms with Crippen molar-refractivity contribution in [3.05, 3.63) is 64.5 Å². The van der Waals surface area contributed by atoms with Gasteiger partial charge in [0.25, 0.3) is 5.91 Å². The van der Waals surface area contributed by atoms with E-state index < -0.39 is 23.1 Å². The quantitative estimate of drug-likeness (QED) is 0.505. The predicted octanol–water partition coefficient (Wildman–Crippen LogP) is 4.34. The number of nitrogens with zero attached hydrogens (tertiary/aromatic N) is 7. The number of aromatic nitrogens is 5. The second kappa shape index (κ2) is 9.20. The normalized spacial score (nSPS) is 18.9. The summed E-state index contributed by atoms with van der Waals surface area (Å²) in [6.45, 7) is 7.80. The first kappa shape index (κ1) is 25.3. The van der Waals surface area contributed by atoms with E-state index in [0.29, 0.717) is 29.5 Å². The van der Waals surface area contributed by atoms with Gasteiger partial charge in [0.15, 0.2) is 0 Å². The lowest BCUT2D eigenvalue weighted by atomic mass is 9.88. The number of carbonyl (C=O) groups excluding carboxylic acids is 1. The first-order valence-corrected chi connectivity index (χ1v) is 12.4. The van der Waals surface area contributed by atoms with Crippen molar-refractivity contribution in [2.24, 2.45) is 13.0 Å². The fourth-order valence-electron chi connectivity index (χ4n) is 5.45. The van der Waals surface area contributed by atoms with E-state index in [0.717, 1.165) is 25.9 Å². The highest BCUT2D eigenvalue weighted by atomic mass is 19.4. The van der Waals surface area contributed by atoms with Crippen molar-refractivity contribution < 1.29 is 18.0 Å². The van der Waals surface area contributed by atoms with Gasteiger partial charge in [-0.2, -0.15) is 13.2 Å². The van der Waals surface area contributed by atoms with Crippen molar-refractivity contribution >= 4 is 11.9 Å². The molecule has 2 aromatic heterocycles. The maximum atomic E-state index is 14.1. The van der Waals surface area contributed by atoms with E-state index >= 15 is 0 Å². The molecule has 0 spiro atoms. The molecular weight excluding hydrogens is 483 g/mol. The molecule has 1 amide bonds. The number of amides is 1. The van der Waals surface area contributed by atoms with Gasteiger partial charge in [0.2, 0.25) is 5.95 Å². The van der Waals surface area contributed by atoms with Gasteiger partial charge in [0, 0.05) is 31.9 Å². The maximum absolute atomic E-state index is 14.1. The number of likely N-dealkylation sites (tertiary alicyclic amines) is 1. The van der Waals surface area contributed by atoms with Crippen LogP contribution in [0.4, 0.5) is 19.1 Å². The number of rotatable bonds is 5. The summed E-state index contributed by atoms with van der Waals surface area (Å²) >= 11 is 0. The van der Waals surface area contributed by atoms with E-state index in [1.165, 1.54) is 17.2 Å². The molecule has 2 aliphatic rings. The first-order chi connectivity index (χ1) is 17.4. The molecule has 0 aliphatic carbocycles. The summed E-state index contributed by atoms with van der Waals surface area (Å²) in [5, 5.41) is 8.12. The first-order valence-electron chi connectivity index (χ1n) is 12.4. The van der Waals surface area contributed by atoms with E-state index in [4.69, 9.17) is 0 Å². The lowest BCUT2D eigenvalue weighted by Gasteiger charge is -2.31. The van der Waals surface area contributed by atoms with Gasteiger partial charge >= 0.3 is 6.18 Å². The molecule has 1 atom stereocenters. The molecule has 37 heavy (non-hydrogen) atoms. The van der Waals surface area contributed by atoms with E-state index in [2.05, 4.69) is 32.0 Å². The molecule has 8 nitrogen and oxygen atoms in total. The maximum Gasteiger partial charge on any atom is 0.416 e. The van der Waals surface area contributed by atoms with Crippen LogP contribution in [0.15, 0.2) is 30.7 Å². The Kier molecular flexibility index (Phi) is 6.29. The third kappa shape index (κ3) is 4.72. The Hall–Kier alpha value is -3.34. The van der Waals surface area contributed by atoms with Gasteiger partial charge in [-0.1, -0.05) is 6.92 Å². The number of fused-ring (bicyclic) bond motifs is 1. The predicted molar refractivity (Wildman–Crippen MR) is 131 cm³/mol. The van der Waals surface area contributed by atoms with Crippen LogP contribution in [0, 0.1) is 5.92 Å². The molecule has 0 N–H and O–H groups in total. The second-order valence-electron chi connectivity index (χ2n) is 10.7. The Morgan fingerprint density at radius 3 is 2.65 bits per heavy atom. The molecule has 2 aliphatic heterocycles. The van der Waals surface area contributed by atoms with Crippen molar-refractivity contribution in [1.29, 1.82) is 0 Å². The number of halogens is 3. The molecule has 3 aromatic rings. The number of benzene rings is 1. The second-order valence-corrected chi connectivity index (χ2v) is 10.7. The summed E-state index contributed by atoms with van der Waals surface area (Å²) in [6, 6.07) is 4.52. The Balaban J connectivity index is 1.49. The van der Waals surface area contributed by atoms with Gasteiger partial charge in [-0.25, -0.2) is 9.97 Å². The fourth-order valence-corrected chi connectivity index (χ4v) is 5.45. The van der Waals surface area contributed by atoms with Gasteiger partial charge in [0.05, 0.1) is 23.2 Å². The summed E-state index contributed by atoms with van der Waals surface area (Å²) < 4.78 is 44.2. The number of anilines is 1. The average Bonchev–Trinajstić information content (AvgIpc) is 3.42. The Labute approximate surface area is 213 Å². The largest absolute Gasteiger partial charge is 0.416 e. The van der Waals surface area contributed by atoms with E-state index in [1.807, 2.05) is 20.9 Å². The summed E-state index contributed by atoms with van der Waals surface area (Å²) in [6.07, 6.45) is 0.652. The molecule has 196 valence electrons. The smallest absolute Gasteiger partial charge is 0.320 e. The third-order valence-corrected chi connectivity index (χ3v) is 7.35. The van der Waals surface area contributed by atoms with E-state index in [1.54, 1.807) is 23.0 Å². The SMILES string of the molecule is C[C@H]1CCCN(Cc2cc3c(c(C(F)(F)F)c2)CN(c2nccc(C(C)(C)c4nncn4C)n2)C3=O)C1. The molecule has 0 saturated carbocycles. The highest BCUT2D eigenvalue weighted by Gasteiger charge is 2.41. The molecule has 1 aromatic carbocycles. The van der Waals surface area contributed by atoms with Gasteiger partial charge < -0.3 is 4.57 Å². The molecule has 0 bridgehead atoms. The molecule has 0 unspecified atom stereocenters. The number of hydrogen-bond acceptors (Lipinski definition) is 6. The highest BCUT2D eigenvalue weighted by molar-refractivity contribution is 6.09. The average molecular weight is 514 g/mol. The van der Waals surface area contributed by atoms with Crippen LogP contribution in [0.2, 0.25) is 0 Å². The Bertz CT molecular complexity index is 1330. The summed E-state index contributed by atoms with van der Waals surface area (Å²) in [5.74, 6) is 0.693. The van der Waals surface area contributed by atoms with E-state index in [-0.39, 0.29) is 23.6 Å². The van der Waals surface area contributed by atoms with Crippen molar-refractivity contribution in [3.8, 4) is 0 Å². The van der Waals surface area contributed by atoms with Crippen LogP contribution in [-0.2, 0) is 31.7 Å². The summed E-state index contributed by atoms with van der Waals surface area (Å²) in [7, 11) is 1.82. The van der Waals surface area contributed by atoms with Crippen LogP contribution in [0.5, 0.6) is 0 Å². The van der Waals surface area contributed by atoms with Crippen LogP contribution in [-0.4, -0.2) is 48.6 Å². The van der Waals surface area contributed by atoms with Crippen LogP contribution in [0.3, 0.4) is 0 Å². The molecule has 1 fully saturated rings. The zero-order valence-electron chi connectivity index (χ0n) is 21.4. The van der Waals surface area contributed by atoms with E-state index in [9.17, 15) is 18.0 Å². The number of alkyl halides is 3. The highest BCUT2D eigenvalue weighted by Crippen LogP contribution is 2.39. The third-order valence-electron chi connectivity index (χ3n) is 7.35. The van der Waals surface area contributed by atoms with Gasteiger partial charge in [-0.15, -0.1) is 10.2 Å². The zero-order chi connectivity index (χ0) is 26.5. The van der Waals surface area contributed by atoms with Gasteiger partial charge in [-0.3, -0.25) is 14.6 Å². The van der Waals surface area contributed by atoms with Gasteiger partial charge in [0.1, 0.15) is 12.2 Å². The molecule has 11 heteroatoms. The van der Waals surface area contributed by atoms with Crippen LogP contribution < -0.4 is 4.90 Å². The number of aryl methyl sites for hydroxylation is 1. The van der Waals surface area contributed by atoms with Crippen LogP contribution in [0.25, 0.3) is 0 Å². The molecule has 0 radical (unpaired) electrons. The zero-order valence-corrected chi connectivity index (χ0v) is 21.4. The van der Waals surface area contributed by atoms with Crippen molar-refractivity contribution in [2.45, 2.75) is 58.3 Å².